The average molecular weight is 244 g/mol. The first-order chi connectivity index (χ1) is 8.90. The van der Waals surface area contributed by atoms with Crippen LogP contribution in [0.4, 0.5) is 5.69 Å². The van der Waals surface area contributed by atoms with Crippen molar-refractivity contribution >= 4 is 5.69 Å². The monoisotopic (exact) mass is 244 g/mol. The first-order valence-corrected chi connectivity index (χ1v) is 7.45. The predicted molar refractivity (Wildman–Crippen MR) is 76.9 cm³/mol. The highest BCUT2D eigenvalue weighted by Crippen LogP contribution is 2.35. The molecule has 18 heavy (non-hydrogen) atoms. The molecule has 1 aliphatic heterocycles. The van der Waals surface area contributed by atoms with Crippen LogP contribution in [-0.4, -0.2) is 19.1 Å². The van der Waals surface area contributed by atoms with Crippen molar-refractivity contribution in [3.05, 3.63) is 29.8 Å². The van der Waals surface area contributed by atoms with E-state index in [1.165, 1.54) is 56.3 Å². The van der Waals surface area contributed by atoms with Crippen molar-refractivity contribution in [1.29, 1.82) is 0 Å². The van der Waals surface area contributed by atoms with Crippen LogP contribution in [0.5, 0.6) is 0 Å². The van der Waals surface area contributed by atoms with Gasteiger partial charge in [-0.25, -0.2) is 0 Å². The fourth-order valence-electron chi connectivity index (χ4n) is 3.78. The zero-order valence-electron chi connectivity index (χ0n) is 11.1. The van der Waals surface area contributed by atoms with Crippen molar-refractivity contribution in [2.45, 2.75) is 44.6 Å². The summed E-state index contributed by atoms with van der Waals surface area (Å²) in [5.41, 5.74) is 9.01. The number of nitrogens with two attached hydrogens (primary N) is 1. The standard InChI is InChI=1S/C16H24N2/c17-12-14-7-2-4-10-16(14)18-11-5-8-13-6-1-3-9-15(13)18/h1,3,6,9,14,16H,2,4-5,7-8,10-12,17H2. The highest BCUT2D eigenvalue weighted by atomic mass is 15.2. The number of hydrogen-bond donors (Lipinski definition) is 1. The summed E-state index contributed by atoms with van der Waals surface area (Å²) in [5, 5.41) is 0. The summed E-state index contributed by atoms with van der Waals surface area (Å²) < 4.78 is 0. The summed E-state index contributed by atoms with van der Waals surface area (Å²) in [7, 11) is 0. The van der Waals surface area contributed by atoms with Crippen molar-refractivity contribution in [1.82, 2.24) is 0 Å². The van der Waals surface area contributed by atoms with Gasteiger partial charge in [0.15, 0.2) is 0 Å². The molecular weight excluding hydrogens is 220 g/mol. The lowest BCUT2D eigenvalue weighted by molar-refractivity contribution is 0.295. The van der Waals surface area contributed by atoms with Gasteiger partial charge < -0.3 is 10.6 Å². The number of anilines is 1. The smallest absolute Gasteiger partial charge is 0.0401 e. The Labute approximate surface area is 110 Å². The van der Waals surface area contributed by atoms with E-state index in [1.807, 2.05) is 0 Å². The molecule has 1 saturated carbocycles. The van der Waals surface area contributed by atoms with Crippen LogP contribution in [0.2, 0.25) is 0 Å². The Hall–Kier alpha value is -1.02. The van der Waals surface area contributed by atoms with Crippen molar-refractivity contribution in [2.24, 2.45) is 11.7 Å². The molecule has 1 fully saturated rings. The largest absolute Gasteiger partial charge is 0.368 e. The molecule has 2 unspecified atom stereocenters. The van der Waals surface area contributed by atoms with Crippen LogP contribution < -0.4 is 10.6 Å². The Kier molecular flexibility index (Phi) is 3.55. The number of hydrogen-bond acceptors (Lipinski definition) is 2. The minimum atomic E-state index is 0.685. The highest BCUT2D eigenvalue weighted by Gasteiger charge is 2.31. The maximum Gasteiger partial charge on any atom is 0.0401 e. The van der Waals surface area contributed by atoms with Gasteiger partial charge in [-0.2, -0.15) is 0 Å². The van der Waals surface area contributed by atoms with Gasteiger partial charge in [-0.15, -0.1) is 0 Å². The second-order valence-corrected chi connectivity index (χ2v) is 5.77. The number of fused-ring (bicyclic) bond motifs is 1. The molecule has 3 rings (SSSR count). The predicted octanol–water partition coefficient (Wildman–Crippen LogP) is 2.96. The molecule has 1 aliphatic carbocycles. The lowest BCUT2D eigenvalue weighted by Gasteiger charge is -2.43. The molecule has 0 bridgehead atoms. The highest BCUT2D eigenvalue weighted by molar-refractivity contribution is 5.56. The van der Waals surface area contributed by atoms with Gasteiger partial charge in [-0.05, 0) is 49.8 Å². The van der Waals surface area contributed by atoms with E-state index in [-0.39, 0.29) is 0 Å². The van der Waals surface area contributed by atoms with E-state index in [1.54, 1.807) is 0 Å². The Bertz CT molecular complexity index is 402. The van der Waals surface area contributed by atoms with Crippen LogP contribution in [0.3, 0.4) is 0 Å². The molecule has 98 valence electrons. The summed E-state index contributed by atoms with van der Waals surface area (Å²) in [5.74, 6) is 0.699. The van der Waals surface area contributed by atoms with Gasteiger partial charge in [0.25, 0.3) is 0 Å². The first kappa shape index (κ1) is 12.0. The fraction of sp³-hybridized carbons (Fsp3) is 0.625. The molecule has 0 aromatic heterocycles. The van der Waals surface area contributed by atoms with Crippen molar-refractivity contribution in [3.63, 3.8) is 0 Å². The average Bonchev–Trinajstić information content (AvgIpc) is 2.46. The lowest BCUT2D eigenvalue weighted by atomic mass is 9.82. The van der Waals surface area contributed by atoms with Crippen LogP contribution in [0, 0.1) is 5.92 Å². The molecule has 0 amide bonds. The fourth-order valence-corrected chi connectivity index (χ4v) is 3.78. The van der Waals surface area contributed by atoms with E-state index < -0.39 is 0 Å². The second-order valence-electron chi connectivity index (χ2n) is 5.77. The third kappa shape index (κ3) is 2.14. The minimum absolute atomic E-state index is 0.685. The van der Waals surface area contributed by atoms with Crippen LogP contribution in [0.15, 0.2) is 24.3 Å². The quantitative estimate of drug-likeness (QED) is 0.866. The molecule has 0 spiro atoms. The molecule has 0 radical (unpaired) electrons. The third-order valence-corrected chi connectivity index (χ3v) is 4.72. The van der Waals surface area contributed by atoms with E-state index in [0.717, 1.165) is 6.54 Å². The Balaban J connectivity index is 1.88. The lowest BCUT2D eigenvalue weighted by Crippen LogP contribution is -2.47. The molecule has 2 N–H and O–H groups in total. The summed E-state index contributed by atoms with van der Waals surface area (Å²) in [6, 6.07) is 9.63. The SMILES string of the molecule is NCC1CCCCC1N1CCCc2ccccc21. The number of aryl methyl sites for hydroxylation is 1. The van der Waals surface area contributed by atoms with Gasteiger partial charge in [-0.1, -0.05) is 31.0 Å². The molecular formula is C16H24N2. The number of para-hydroxylation sites is 1. The minimum Gasteiger partial charge on any atom is -0.368 e. The maximum absolute atomic E-state index is 5.99. The summed E-state index contributed by atoms with van der Waals surface area (Å²) in [6.07, 6.45) is 7.93. The molecule has 2 atom stereocenters. The number of rotatable bonds is 2. The Morgan fingerprint density at radius 2 is 1.94 bits per heavy atom. The summed E-state index contributed by atoms with van der Waals surface area (Å²) in [6.45, 7) is 2.07. The van der Waals surface area contributed by atoms with E-state index >= 15 is 0 Å². The summed E-state index contributed by atoms with van der Waals surface area (Å²) in [4.78, 5) is 2.66. The molecule has 0 saturated heterocycles. The third-order valence-electron chi connectivity index (χ3n) is 4.72. The first-order valence-electron chi connectivity index (χ1n) is 7.45. The van der Waals surface area contributed by atoms with Crippen LogP contribution >= 0.6 is 0 Å². The molecule has 1 heterocycles. The Morgan fingerprint density at radius 3 is 2.83 bits per heavy atom. The van der Waals surface area contributed by atoms with Gasteiger partial charge in [0, 0.05) is 18.3 Å². The second kappa shape index (κ2) is 5.31. The van der Waals surface area contributed by atoms with Crippen molar-refractivity contribution in [2.75, 3.05) is 18.0 Å². The maximum atomic E-state index is 5.99. The van der Waals surface area contributed by atoms with Crippen LogP contribution in [0.1, 0.15) is 37.7 Å². The molecule has 1 aromatic rings. The van der Waals surface area contributed by atoms with Gasteiger partial charge in [-0.3, -0.25) is 0 Å². The summed E-state index contributed by atoms with van der Waals surface area (Å²) >= 11 is 0. The van der Waals surface area contributed by atoms with Gasteiger partial charge in [0.1, 0.15) is 0 Å². The van der Waals surface area contributed by atoms with Crippen LogP contribution in [0.25, 0.3) is 0 Å². The molecule has 2 nitrogen and oxygen atoms in total. The van der Waals surface area contributed by atoms with Gasteiger partial charge >= 0.3 is 0 Å². The van der Waals surface area contributed by atoms with Gasteiger partial charge in [0.05, 0.1) is 0 Å². The van der Waals surface area contributed by atoms with Crippen LogP contribution in [-0.2, 0) is 6.42 Å². The molecule has 2 heteroatoms. The normalized spacial score (nSPS) is 27.9. The topological polar surface area (TPSA) is 29.3 Å². The Morgan fingerprint density at radius 1 is 1.11 bits per heavy atom. The molecule has 1 aromatic carbocycles. The van der Waals surface area contributed by atoms with Crippen molar-refractivity contribution in [3.8, 4) is 0 Å². The van der Waals surface area contributed by atoms with E-state index in [4.69, 9.17) is 5.73 Å². The zero-order valence-corrected chi connectivity index (χ0v) is 11.1. The van der Waals surface area contributed by atoms with E-state index in [2.05, 4.69) is 29.2 Å². The number of nitrogens with zero attached hydrogens (tertiary/aromatic N) is 1. The molecule has 2 aliphatic rings. The van der Waals surface area contributed by atoms with Gasteiger partial charge in [0.2, 0.25) is 0 Å². The van der Waals surface area contributed by atoms with E-state index in [0.29, 0.717) is 12.0 Å². The van der Waals surface area contributed by atoms with E-state index in [9.17, 15) is 0 Å². The number of benzene rings is 1. The van der Waals surface area contributed by atoms with Crippen molar-refractivity contribution < 1.29 is 0 Å². The zero-order chi connectivity index (χ0) is 12.4.